The van der Waals surface area contributed by atoms with Crippen molar-refractivity contribution in [2.75, 3.05) is 50.4 Å². The molecule has 216 valence electrons. The number of nitrogens with zero attached hydrogens (tertiary/aromatic N) is 5. The van der Waals surface area contributed by atoms with Crippen LogP contribution in [-0.2, 0) is 21.4 Å². The number of fused-ring (bicyclic) bond motifs is 1. The highest BCUT2D eigenvalue weighted by Crippen LogP contribution is 2.30. The fourth-order valence-electron chi connectivity index (χ4n) is 5.95. The van der Waals surface area contributed by atoms with E-state index < -0.39 is 10.0 Å². The monoisotopic (exact) mass is 605 g/mol. The fraction of sp³-hybridized carbons (Fsp3) is 0.517. The van der Waals surface area contributed by atoms with Gasteiger partial charge in [-0.05, 0) is 88.0 Å². The molecular formula is C29H37Cl2N5O3S. The summed E-state index contributed by atoms with van der Waals surface area (Å²) in [5, 5.41) is 0.863. The van der Waals surface area contributed by atoms with Gasteiger partial charge in [-0.3, -0.25) is 4.79 Å². The van der Waals surface area contributed by atoms with Crippen molar-refractivity contribution < 1.29 is 13.2 Å². The molecule has 2 saturated heterocycles. The van der Waals surface area contributed by atoms with Crippen LogP contribution in [0.3, 0.4) is 0 Å². The topological polar surface area (TPSA) is 78.8 Å². The number of aromatic nitrogens is 2. The molecule has 2 fully saturated rings. The smallest absolute Gasteiger partial charge is 0.230 e. The van der Waals surface area contributed by atoms with Gasteiger partial charge in [-0.1, -0.05) is 35.3 Å². The fourth-order valence-corrected chi connectivity index (χ4v) is 7.12. The maximum Gasteiger partial charge on any atom is 0.230 e. The summed E-state index contributed by atoms with van der Waals surface area (Å²) in [4.78, 5) is 22.5. The molecule has 1 aromatic heterocycles. The molecule has 5 rings (SSSR count). The van der Waals surface area contributed by atoms with Gasteiger partial charge in [0, 0.05) is 37.8 Å². The van der Waals surface area contributed by atoms with Crippen molar-refractivity contribution >= 4 is 55.9 Å². The molecule has 0 saturated carbocycles. The lowest BCUT2D eigenvalue weighted by atomic mass is 9.95. The molecule has 3 aromatic rings. The van der Waals surface area contributed by atoms with Gasteiger partial charge in [0.15, 0.2) is 0 Å². The Kier molecular flexibility index (Phi) is 9.37. The number of imidazole rings is 1. The Morgan fingerprint density at radius 2 is 1.73 bits per heavy atom. The summed E-state index contributed by atoms with van der Waals surface area (Å²) in [7, 11) is -3.25. The Morgan fingerprint density at radius 3 is 2.42 bits per heavy atom. The van der Waals surface area contributed by atoms with Crippen molar-refractivity contribution in [1.82, 2.24) is 18.8 Å². The van der Waals surface area contributed by atoms with E-state index >= 15 is 0 Å². The minimum atomic E-state index is -3.25. The highest BCUT2D eigenvalue weighted by Gasteiger charge is 2.32. The van der Waals surface area contributed by atoms with Crippen LogP contribution in [0.15, 0.2) is 48.8 Å². The molecule has 1 amide bonds. The number of carbonyl (C=O) groups is 1. The number of amides is 1. The Hall–Kier alpha value is -2.17. The number of anilines is 1. The van der Waals surface area contributed by atoms with E-state index in [1.54, 1.807) is 12.1 Å². The van der Waals surface area contributed by atoms with Crippen LogP contribution in [0.1, 0.15) is 32.1 Å². The Morgan fingerprint density at radius 1 is 1.00 bits per heavy atom. The lowest BCUT2D eigenvalue weighted by molar-refractivity contribution is -0.123. The minimum absolute atomic E-state index is 0.0257. The first-order valence-electron chi connectivity index (χ1n) is 14.0. The van der Waals surface area contributed by atoms with Gasteiger partial charge in [-0.15, -0.1) is 0 Å². The summed E-state index contributed by atoms with van der Waals surface area (Å²) in [5.74, 6) is 0.432. The Labute approximate surface area is 246 Å². The average Bonchev–Trinajstić information content (AvgIpc) is 3.35. The summed E-state index contributed by atoms with van der Waals surface area (Å²) < 4.78 is 27.6. The van der Waals surface area contributed by atoms with Crippen molar-refractivity contribution in [2.24, 2.45) is 11.8 Å². The quantitative estimate of drug-likeness (QED) is 0.337. The molecule has 0 spiro atoms. The van der Waals surface area contributed by atoms with E-state index in [0.717, 1.165) is 56.6 Å². The number of rotatable bonds is 9. The SMILES string of the molecule is CS(=O)(=O)N1CCC(C(=O)N(CCCN2CCC(Cn3cnc4ccccc43)CC2)c2ccc(Cl)c(Cl)c2)CC1. The van der Waals surface area contributed by atoms with E-state index in [1.807, 2.05) is 23.4 Å². The van der Waals surface area contributed by atoms with Crippen LogP contribution in [0.5, 0.6) is 0 Å². The maximum atomic E-state index is 13.7. The highest BCUT2D eigenvalue weighted by atomic mass is 35.5. The van der Waals surface area contributed by atoms with Crippen LogP contribution in [0.4, 0.5) is 5.69 Å². The molecule has 2 aliphatic heterocycles. The van der Waals surface area contributed by atoms with Crippen molar-refractivity contribution in [3.8, 4) is 0 Å². The van der Waals surface area contributed by atoms with Gasteiger partial charge in [0.25, 0.3) is 0 Å². The van der Waals surface area contributed by atoms with Crippen LogP contribution >= 0.6 is 23.2 Å². The van der Waals surface area contributed by atoms with E-state index in [0.29, 0.717) is 48.4 Å². The van der Waals surface area contributed by atoms with Crippen LogP contribution < -0.4 is 4.90 Å². The second-order valence-corrected chi connectivity index (χ2v) is 13.8. The zero-order chi connectivity index (χ0) is 28.3. The first-order chi connectivity index (χ1) is 19.2. The third-order valence-electron chi connectivity index (χ3n) is 8.30. The van der Waals surface area contributed by atoms with E-state index in [9.17, 15) is 13.2 Å². The molecule has 0 bridgehead atoms. The lowest BCUT2D eigenvalue weighted by Gasteiger charge is -2.35. The normalized spacial score (nSPS) is 18.4. The number of sulfonamides is 1. The first-order valence-corrected chi connectivity index (χ1v) is 16.6. The number of hydrogen-bond acceptors (Lipinski definition) is 5. The second-order valence-electron chi connectivity index (χ2n) is 11.0. The molecule has 0 N–H and O–H groups in total. The molecule has 2 aromatic carbocycles. The number of benzene rings is 2. The predicted octanol–water partition coefficient (Wildman–Crippen LogP) is 5.15. The van der Waals surface area contributed by atoms with Crippen molar-refractivity contribution in [2.45, 2.75) is 38.6 Å². The molecule has 8 nitrogen and oxygen atoms in total. The van der Waals surface area contributed by atoms with Gasteiger partial charge in [0.05, 0.1) is 33.7 Å². The van der Waals surface area contributed by atoms with E-state index in [4.69, 9.17) is 23.2 Å². The molecule has 2 aliphatic rings. The summed E-state index contributed by atoms with van der Waals surface area (Å²) in [6.45, 7) is 5.31. The molecule has 3 heterocycles. The van der Waals surface area contributed by atoms with Crippen molar-refractivity contribution in [3.05, 3.63) is 58.8 Å². The third-order valence-corrected chi connectivity index (χ3v) is 10.3. The van der Waals surface area contributed by atoms with Crippen LogP contribution in [-0.4, -0.2) is 78.6 Å². The Bertz CT molecular complexity index is 1430. The molecule has 0 aliphatic carbocycles. The van der Waals surface area contributed by atoms with Gasteiger partial charge in [-0.25, -0.2) is 17.7 Å². The average molecular weight is 607 g/mol. The number of hydrogen-bond donors (Lipinski definition) is 0. The standard InChI is InChI=1S/C29H37Cl2N5O3S/c1-40(38,39)35-17-11-23(12-18-35)29(37)36(24-7-8-25(30)26(31)19-24)14-4-13-33-15-9-22(10-16-33)20-34-21-32-27-5-2-3-6-28(27)34/h2-3,5-8,19,21-23H,4,9-18,20H2,1H3. The molecular weight excluding hydrogens is 569 g/mol. The predicted molar refractivity (Wildman–Crippen MR) is 161 cm³/mol. The van der Waals surface area contributed by atoms with Crippen LogP contribution in [0, 0.1) is 11.8 Å². The van der Waals surface area contributed by atoms with Crippen molar-refractivity contribution in [3.63, 3.8) is 0 Å². The van der Waals surface area contributed by atoms with E-state index in [2.05, 4.69) is 32.7 Å². The van der Waals surface area contributed by atoms with Crippen molar-refractivity contribution in [1.29, 1.82) is 0 Å². The second kappa shape index (κ2) is 12.8. The molecule has 0 radical (unpaired) electrons. The zero-order valence-corrected chi connectivity index (χ0v) is 25.2. The third kappa shape index (κ3) is 6.99. The summed E-state index contributed by atoms with van der Waals surface area (Å²) in [5.41, 5.74) is 2.97. The maximum absolute atomic E-state index is 13.7. The van der Waals surface area contributed by atoms with Gasteiger partial charge < -0.3 is 14.4 Å². The largest absolute Gasteiger partial charge is 0.330 e. The number of piperidine rings is 2. The number of likely N-dealkylation sites (tertiary alicyclic amines) is 1. The van der Waals surface area contributed by atoms with Gasteiger partial charge in [0.2, 0.25) is 15.9 Å². The number of halogens is 2. The first kappa shape index (κ1) is 29.3. The summed E-state index contributed by atoms with van der Waals surface area (Å²) in [6.07, 6.45) is 7.33. The van der Waals surface area contributed by atoms with E-state index in [1.165, 1.54) is 16.1 Å². The zero-order valence-electron chi connectivity index (χ0n) is 22.9. The lowest BCUT2D eigenvalue weighted by Crippen LogP contribution is -2.45. The number of carbonyl (C=O) groups excluding carboxylic acids is 1. The molecule has 0 atom stereocenters. The highest BCUT2D eigenvalue weighted by molar-refractivity contribution is 7.88. The Balaban J connectivity index is 1.16. The van der Waals surface area contributed by atoms with Crippen LogP contribution in [0.2, 0.25) is 10.0 Å². The molecule has 0 unspecified atom stereocenters. The summed E-state index contributed by atoms with van der Waals surface area (Å²) in [6, 6.07) is 13.6. The minimum Gasteiger partial charge on any atom is -0.330 e. The molecule has 11 heteroatoms. The van der Waals surface area contributed by atoms with Crippen LogP contribution in [0.25, 0.3) is 11.0 Å². The summed E-state index contributed by atoms with van der Waals surface area (Å²) >= 11 is 12.5. The molecule has 40 heavy (non-hydrogen) atoms. The van der Waals surface area contributed by atoms with Gasteiger partial charge in [-0.2, -0.15) is 0 Å². The van der Waals surface area contributed by atoms with E-state index in [-0.39, 0.29) is 11.8 Å². The van der Waals surface area contributed by atoms with Gasteiger partial charge in [0.1, 0.15) is 0 Å². The number of para-hydroxylation sites is 2. The van der Waals surface area contributed by atoms with Gasteiger partial charge >= 0.3 is 0 Å².